The lowest BCUT2D eigenvalue weighted by Crippen LogP contribution is -2.47. The highest BCUT2D eigenvalue weighted by Crippen LogP contribution is 2.33. The molecule has 2 N–H and O–H groups in total. The normalized spacial score (nSPS) is 17.6. The van der Waals surface area contributed by atoms with E-state index in [0.717, 1.165) is 19.3 Å². The van der Waals surface area contributed by atoms with Crippen molar-refractivity contribution < 1.29 is 19.1 Å². The fourth-order valence-electron chi connectivity index (χ4n) is 5.07. The number of nitrogens with zero attached hydrogens (tertiary/aromatic N) is 1. The average Bonchev–Trinajstić information content (AvgIpc) is 2.93. The minimum Gasteiger partial charge on any atom is -0.496 e. The van der Waals surface area contributed by atoms with E-state index in [2.05, 4.69) is 10.6 Å². The van der Waals surface area contributed by atoms with Crippen molar-refractivity contribution in [2.75, 3.05) is 12.4 Å². The maximum atomic E-state index is 13.6. The first-order valence-electron chi connectivity index (χ1n) is 12.9. The van der Waals surface area contributed by atoms with Gasteiger partial charge in [-0.2, -0.15) is 0 Å². The molecule has 0 radical (unpaired) electrons. The number of ether oxygens (including phenoxy) is 1. The molecule has 0 spiro atoms. The van der Waals surface area contributed by atoms with Gasteiger partial charge in [0.1, 0.15) is 5.75 Å². The Morgan fingerprint density at radius 2 is 1.45 bits per heavy atom. The van der Waals surface area contributed by atoms with Gasteiger partial charge in [0.15, 0.2) is 0 Å². The summed E-state index contributed by atoms with van der Waals surface area (Å²) in [5.41, 5.74) is 1.62. The van der Waals surface area contributed by atoms with Crippen LogP contribution >= 0.6 is 34.8 Å². The number of piperidine rings is 1. The first-order chi connectivity index (χ1) is 19.1. The van der Waals surface area contributed by atoms with Crippen LogP contribution in [0.2, 0.25) is 15.1 Å². The van der Waals surface area contributed by atoms with Gasteiger partial charge >= 0.3 is 11.8 Å². The number of hydrogen-bond donors (Lipinski definition) is 2. The first kappa shape index (κ1) is 29.7. The van der Waals surface area contributed by atoms with E-state index < -0.39 is 17.9 Å². The Morgan fingerprint density at radius 1 is 0.850 bits per heavy atom. The number of likely N-dealkylation sites (tertiary alicyclic amines) is 1. The quantitative estimate of drug-likeness (QED) is 0.300. The Balaban J connectivity index is 1.62. The second-order valence-electron chi connectivity index (χ2n) is 9.83. The van der Waals surface area contributed by atoms with E-state index in [1.54, 1.807) is 48.5 Å². The Kier molecular flexibility index (Phi) is 9.61. The van der Waals surface area contributed by atoms with Crippen LogP contribution in [0.15, 0.2) is 60.7 Å². The number of amides is 3. The summed E-state index contributed by atoms with van der Waals surface area (Å²) in [5.74, 6) is -1.65. The minimum atomic E-state index is -0.948. The lowest BCUT2D eigenvalue weighted by atomic mass is 9.96. The molecule has 0 aromatic heterocycles. The topological polar surface area (TPSA) is 87.7 Å². The molecule has 3 aromatic rings. The number of carbonyl (C=O) groups is 3. The SMILES string of the molecule is COc1ccc(Cl)cc1C(NC(=O)C(=O)Nc1ccc(Cl)cc1C(=O)N1C(C)CCCC1C)c1ccc(Cl)cc1. The monoisotopic (exact) mass is 601 g/mol. The largest absolute Gasteiger partial charge is 0.496 e. The zero-order chi connectivity index (χ0) is 29.0. The number of nitrogens with one attached hydrogen (secondary N) is 2. The number of methoxy groups -OCH3 is 1. The maximum absolute atomic E-state index is 13.6. The maximum Gasteiger partial charge on any atom is 0.313 e. The Labute approximate surface area is 248 Å². The van der Waals surface area contributed by atoms with E-state index in [0.29, 0.717) is 31.9 Å². The number of anilines is 1. The van der Waals surface area contributed by atoms with Gasteiger partial charge in [0.05, 0.1) is 24.4 Å². The Bertz CT molecular complexity index is 1400. The molecule has 1 saturated heterocycles. The van der Waals surface area contributed by atoms with E-state index in [9.17, 15) is 14.4 Å². The third kappa shape index (κ3) is 6.72. The van der Waals surface area contributed by atoms with Gasteiger partial charge in [0.25, 0.3) is 5.91 Å². The van der Waals surface area contributed by atoms with Gasteiger partial charge in [0.2, 0.25) is 0 Å². The molecular weight excluding hydrogens is 573 g/mol. The van der Waals surface area contributed by atoms with E-state index in [4.69, 9.17) is 39.5 Å². The van der Waals surface area contributed by atoms with E-state index in [1.165, 1.54) is 19.2 Å². The highest BCUT2D eigenvalue weighted by atomic mass is 35.5. The van der Waals surface area contributed by atoms with E-state index in [-0.39, 0.29) is 29.2 Å². The van der Waals surface area contributed by atoms with Crippen LogP contribution in [0, 0.1) is 0 Å². The second-order valence-corrected chi connectivity index (χ2v) is 11.1. The van der Waals surface area contributed by atoms with Gasteiger partial charge < -0.3 is 20.3 Å². The van der Waals surface area contributed by atoms with Crippen molar-refractivity contribution in [3.05, 3.63) is 92.4 Å². The summed E-state index contributed by atoms with van der Waals surface area (Å²) in [6.07, 6.45) is 2.82. The molecule has 1 aliphatic heterocycles. The molecule has 1 fully saturated rings. The molecule has 3 aromatic carbocycles. The van der Waals surface area contributed by atoms with Crippen LogP contribution in [0.3, 0.4) is 0 Å². The van der Waals surface area contributed by atoms with Crippen LogP contribution in [0.25, 0.3) is 0 Å². The predicted molar refractivity (Wildman–Crippen MR) is 158 cm³/mol. The molecule has 3 atom stereocenters. The summed E-state index contributed by atoms with van der Waals surface area (Å²) in [5, 5.41) is 6.68. The summed E-state index contributed by atoms with van der Waals surface area (Å²) in [6, 6.07) is 15.7. The fraction of sp³-hybridized carbons (Fsp3) is 0.300. The lowest BCUT2D eigenvalue weighted by Gasteiger charge is -2.39. The molecule has 7 nitrogen and oxygen atoms in total. The van der Waals surface area contributed by atoms with Gasteiger partial charge in [0, 0.05) is 32.7 Å². The van der Waals surface area contributed by atoms with Gasteiger partial charge in [-0.05, 0) is 87.2 Å². The third-order valence-electron chi connectivity index (χ3n) is 7.08. The summed E-state index contributed by atoms with van der Waals surface area (Å²) in [6.45, 7) is 4.01. The molecule has 0 aliphatic carbocycles. The van der Waals surface area contributed by atoms with Crippen molar-refractivity contribution in [2.45, 2.75) is 51.2 Å². The van der Waals surface area contributed by atoms with Crippen molar-refractivity contribution in [1.29, 1.82) is 0 Å². The van der Waals surface area contributed by atoms with Crippen LogP contribution in [0.1, 0.15) is 60.6 Å². The second kappa shape index (κ2) is 12.9. The minimum absolute atomic E-state index is 0.0369. The van der Waals surface area contributed by atoms with Crippen LogP contribution in [0.4, 0.5) is 5.69 Å². The Morgan fingerprint density at radius 3 is 2.10 bits per heavy atom. The van der Waals surface area contributed by atoms with Gasteiger partial charge in [-0.25, -0.2) is 0 Å². The fourth-order valence-corrected chi connectivity index (χ4v) is 5.54. The number of carbonyl (C=O) groups excluding carboxylic acids is 3. The van der Waals surface area contributed by atoms with Crippen molar-refractivity contribution in [3.63, 3.8) is 0 Å². The predicted octanol–water partition coefficient (Wildman–Crippen LogP) is 6.90. The molecule has 10 heteroatoms. The average molecular weight is 603 g/mol. The molecule has 3 amide bonds. The highest BCUT2D eigenvalue weighted by Gasteiger charge is 2.32. The molecule has 0 bridgehead atoms. The van der Waals surface area contributed by atoms with Crippen LogP contribution in [-0.2, 0) is 9.59 Å². The van der Waals surface area contributed by atoms with Crippen molar-refractivity contribution in [3.8, 4) is 5.75 Å². The third-order valence-corrected chi connectivity index (χ3v) is 7.80. The van der Waals surface area contributed by atoms with Crippen molar-refractivity contribution >= 4 is 58.2 Å². The molecule has 4 rings (SSSR count). The lowest BCUT2D eigenvalue weighted by molar-refractivity contribution is -0.136. The van der Waals surface area contributed by atoms with Crippen molar-refractivity contribution in [1.82, 2.24) is 10.2 Å². The number of hydrogen-bond acceptors (Lipinski definition) is 4. The molecule has 40 heavy (non-hydrogen) atoms. The van der Waals surface area contributed by atoms with Crippen molar-refractivity contribution in [2.24, 2.45) is 0 Å². The Hall–Kier alpha value is -3.26. The van der Waals surface area contributed by atoms with Gasteiger partial charge in [-0.3, -0.25) is 14.4 Å². The van der Waals surface area contributed by atoms with Crippen LogP contribution < -0.4 is 15.4 Å². The molecule has 3 unspecified atom stereocenters. The van der Waals surface area contributed by atoms with E-state index in [1.807, 2.05) is 18.7 Å². The molecule has 210 valence electrons. The van der Waals surface area contributed by atoms with Gasteiger partial charge in [-0.15, -0.1) is 0 Å². The molecule has 1 aliphatic rings. The summed E-state index contributed by atoms with van der Waals surface area (Å²) in [4.78, 5) is 41.9. The number of benzene rings is 3. The molecule has 0 saturated carbocycles. The van der Waals surface area contributed by atoms with Crippen LogP contribution in [0.5, 0.6) is 5.75 Å². The molecule has 1 heterocycles. The zero-order valence-electron chi connectivity index (χ0n) is 22.3. The molecular formula is C30H30Cl3N3O4. The smallest absolute Gasteiger partial charge is 0.313 e. The first-order valence-corrected chi connectivity index (χ1v) is 14.1. The zero-order valence-corrected chi connectivity index (χ0v) is 24.6. The van der Waals surface area contributed by atoms with E-state index >= 15 is 0 Å². The summed E-state index contributed by atoms with van der Waals surface area (Å²) < 4.78 is 5.50. The standard InChI is InChI=1S/C30H30Cl3N3O4/c1-17-5-4-6-18(2)36(17)30(39)23-15-21(32)11-13-25(23)34-28(37)29(38)35-27(19-7-9-20(31)10-8-19)24-16-22(33)12-14-26(24)40-3/h7-18,27H,4-6H2,1-3H3,(H,34,37)(H,35,38). The van der Waals surface area contributed by atoms with Crippen LogP contribution in [-0.4, -0.2) is 41.8 Å². The van der Waals surface area contributed by atoms with Gasteiger partial charge in [-0.1, -0.05) is 46.9 Å². The summed E-state index contributed by atoms with van der Waals surface area (Å²) in [7, 11) is 1.50. The number of halogens is 3. The number of rotatable bonds is 6. The highest BCUT2D eigenvalue weighted by molar-refractivity contribution is 6.40. The summed E-state index contributed by atoms with van der Waals surface area (Å²) >= 11 is 18.6.